The molecule has 0 bridgehead atoms. The zero-order valence-corrected chi connectivity index (χ0v) is 14.6. The van der Waals surface area contributed by atoms with Gasteiger partial charge in [-0.15, -0.1) is 0 Å². The summed E-state index contributed by atoms with van der Waals surface area (Å²) in [7, 11) is 3.05. The molecule has 1 aromatic rings. The number of ether oxygens (including phenoxy) is 2. The van der Waals surface area contributed by atoms with Gasteiger partial charge in [0, 0.05) is 11.6 Å². The lowest BCUT2D eigenvalue weighted by atomic mass is 9.87. The molecule has 2 unspecified atom stereocenters. The minimum Gasteiger partial charge on any atom is -0.493 e. The summed E-state index contributed by atoms with van der Waals surface area (Å²) in [6.45, 7) is 2.18. The van der Waals surface area contributed by atoms with Gasteiger partial charge in [-0.05, 0) is 37.0 Å². The van der Waals surface area contributed by atoms with E-state index in [4.69, 9.17) is 9.47 Å². The zero-order valence-electron chi connectivity index (χ0n) is 14.6. The van der Waals surface area contributed by atoms with E-state index in [1.165, 1.54) is 20.6 Å². The average Bonchev–Trinajstić information content (AvgIpc) is 2.59. The Morgan fingerprint density at radius 3 is 2.58 bits per heavy atom. The van der Waals surface area contributed by atoms with Crippen molar-refractivity contribution in [2.45, 2.75) is 38.6 Å². The number of hydrogen-bond acceptors (Lipinski definition) is 4. The number of amides is 2. The Kier molecular flexibility index (Phi) is 6.46. The highest BCUT2D eigenvalue weighted by molar-refractivity contribution is 5.97. The Hall–Kier alpha value is -2.24. The average molecular weight is 334 g/mol. The summed E-state index contributed by atoms with van der Waals surface area (Å²) in [5, 5.41) is 5.64. The first-order chi connectivity index (χ1) is 11.5. The van der Waals surface area contributed by atoms with Crippen molar-refractivity contribution in [3.63, 3.8) is 0 Å². The van der Waals surface area contributed by atoms with Gasteiger partial charge in [-0.25, -0.2) is 0 Å². The Bertz CT molecular complexity index is 588. The minimum atomic E-state index is -0.317. The van der Waals surface area contributed by atoms with Crippen LogP contribution < -0.4 is 20.1 Å². The predicted octanol–water partition coefficient (Wildman–Crippen LogP) is 2.13. The molecule has 132 valence electrons. The zero-order chi connectivity index (χ0) is 17.5. The maximum atomic E-state index is 12.2. The van der Waals surface area contributed by atoms with Crippen LogP contribution in [0.4, 0.5) is 0 Å². The van der Waals surface area contributed by atoms with Crippen molar-refractivity contribution < 1.29 is 19.1 Å². The predicted molar refractivity (Wildman–Crippen MR) is 91.4 cm³/mol. The molecule has 0 spiro atoms. The van der Waals surface area contributed by atoms with Gasteiger partial charge in [0.15, 0.2) is 11.5 Å². The number of benzene rings is 1. The van der Waals surface area contributed by atoms with Crippen LogP contribution in [-0.2, 0) is 4.79 Å². The second-order valence-electron chi connectivity index (χ2n) is 6.29. The van der Waals surface area contributed by atoms with Gasteiger partial charge in [-0.1, -0.05) is 19.8 Å². The SMILES string of the molecule is COc1ccc(C(=O)NCC(=O)NC2CCCC(C)C2)cc1OC. The molecule has 24 heavy (non-hydrogen) atoms. The van der Waals surface area contributed by atoms with E-state index in [1.54, 1.807) is 18.2 Å². The molecule has 2 amide bonds. The first-order valence-corrected chi connectivity index (χ1v) is 8.33. The van der Waals surface area contributed by atoms with E-state index < -0.39 is 0 Å². The van der Waals surface area contributed by atoms with Crippen LogP contribution in [0, 0.1) is 5.92 Å². The number of hydrogen-bond donors (Lipinski definition) is 2. The van der Waals surface area contributed by atoms with E-state index in [0.29, 0.717) is 23.0 Å². The molecule has 6 nitrogen and oxygen atoms in total. The normalized spacial score (nSPS) is 20.1. The highest BCUT2D eigenvalue weighted by Gasteiger charge is 2.20. The van der Waals surface area contributed by atoms with E-state index in [-0.39, 0.29) is 24.4 Å². The Labute approximate surface area is 142 Å². The van der Waals surface area contributed by atoms with Crippen LogP contribution >= 0.6 is 0 Å². The Morgan fingerprint density at radius 2 is 1.92 bits per heavy atom. The smallest absolute Gasteiger partial charge is 0.251 e. The molecule has 0 aromatic heterocycles. The lowest BCUT2D eigenvalue weighted by molar-refractivity contribution is -0.121. The Morgan fingerprint density at radius 1 is 1.17 bits per heavy atom. The van der Waals surface area contributed by atoms with Crippen LogP contribution in [-0.4, -0.2) is 38.6 Å². The summed E-state index contributed by atoms with van der Waals surface area (Å²) in [6, 6.07) is 5.11. The fraction of sp³-hybridized carbons (Fsp3) is 0.556. The van der Waals surface area contributed by atoms with Crippen molar-refractivity contribution in [1.29, 1.82) is 0 Å². The van der Waals surface area contributed by atoms with Crippen LogP contribution in [0.1, 0.15) is 43.0 Å². The number of carbonyl (C=O) groups is 2. The molecule has 6 heteroatoms. The van der Waals surface area contributed by atoms with E-state index in [2.05, 4.69) is 17.6 Å². The largest absolute Gasteiger partial charge is 0.493 e. The lowest BCUT2D eigenvalue weighted by Crippen LogP contribution is -2.43. The van der Waals surface area contributed by atoms with Gasteiger partial charge in [0.2, 0.25) is 5.91 Å². The molecule has 1 aliphatic rings. The molecule has 1 aromatic carbocycles. The summed E-state index contributed by atoms with van der Waals surface area (Å²) in [5.74, 6) is 1.21. The maximum Gasteiger partial charge on any atom is 0.251 e. The molecule has 2 rings (SSSR count). The minimum absolute atomic E-state index is 0.0297. The van der Waals surface area contributed by atoms with Gasteiger partial charge in [0.05, 0.1) is 20.8 Å². The van der Waals surface area contributed by atoms with Crippen LogP contribution in [0.3, 0.4) is 0 Å². The van der Waals surface area contributed by atoms with Gasteiger partial charge in [-0.3, -0.25) is 9.59 Å². The number of nitrogens with one attached hydrogen (secondary N) is 2. The van der Waals surface area contributed by atoms with Crippen molar-refractivity contribution >= 4 is 11.8 Å². The second kappa shape index (κ2) is 8.57. The van der Waals surface area contributed by atoms with Crippen molar-refractivity contribution in [2.75, 3.05) is 20.8 Å². The van der Waals surface area contributed by atoms with Crippen molar-refractivity contribution in [2.24, 2.45) is 5.92 Å². The van der Waals surface area contributed by atoms with Crippen LogP contribution in [0.25, 0.3) is 0 Å². The lowest BCUT2D eigenvalue weighted by Gasteiger charge is -2.27. The molecule has 2 atom stereocenters. The first kappa shape index (κ1) is 18.1. The van der Waals surface area contributed by atoms with Gasteiger partial charge in [-0.2, -0.15) is 0 Å². The quantitative estimate of drug-likeness (QED) is 0.835. The molecule has 1 aliphatic carbocycles. The highest BCUT2D eigenvalue weighted by Crippen LogP contribution is 2.27. The molecule has 2 N–H and O–H groups in total. The summed E-state index contributed by atoms with van der Waals surface area (Å²) in [5.41, 5.74) is 0.423. The fourth-order valence-electron chi connectivity index (χ4n) is 3.08. The molecule has 1 fully saturated rings. The van der Waals surface area contributed by atoms with Crippen LogP contribution in [0.5, 0.6) is 11.5 Å². The van der Waals surface area contributed by atoms with Gasteiger partial charge >= 0.3 is 0 Å². The van der Waals surface area contributed by atoms with Crippen LogP contribution in [0.15, 0.2) is 18.2 Å². The van der Waals surface area contributed by atoms with Gasteiger partial charge in [0.1, 0.15) is 0 Å². The number of rotatable bonds is 6. The molecule has 1 saturated carbocycles. The molecule has 0 aliphatic heterocycles. The van der Waals surface area contributed by atoms with Gasteiger partial charge < -0.3 is 20.1 Å². The standard InChI is InChI=1S/C18H26N2O4/c1-12-5-4-6-14(9-12)20-17(21)11-19-18(22)13-7-8-15(23-2)16(10-13)24-3/h7-8,10,12,14H,4-6,9,11H2,1-3H3,(H,19,22)(H,20,21). The summed E-state index contributed by atoms with van der Waals surface area (Å²) in [4.78, 5) is 24.2. The van der Waals surface area contributed by atoms with Gasteiger partial charge in [0.25, 0.3) is 5.91 Å². The molecular formula is C18H26N2O4. The van der Waals surface area contributed by atoms with Crippen molar-refractivity contribution in [3.05, 3.63) is 23.8 Å². The third kappa shape index (κ3) is 4.88. The van der Waals surface area contributed by atoms with E-state index in [0.717, 1.165) is 19.3 Å². The highest BCUT2D eigenvalue weighted by atomic mass is 16.5. The third-order valence-electron chi connectivity index (χ3n) is 4.36. The van der Waals surface area contributed by atoms with E-state index >= 15 is 0 Å². The van der Waals surface area contributed by atoms with E-state index in [9.17, 15) is 9.59 Å². The van der Waals surface area contributed by atoms with Crippen LogP contribution in [0.2, 0.25) is 0 Å². The summed E-state index contributed by atoms with van der Waals surface area (Å²) < 4.78 is 10.3. The third-order valence-corrected chi connectivity index (χ3v) is 4.36. The second-order valence-corrected chi connectivity index (χ2v) is 6.29. The maximum absolute atomic E-state index is 12.2. The summed E-state index contributed by atoms with van der Waals surface area (Å²) in [6.07, 6.45) is 4.39. The molecular weight excluding hydrogens is 308 g/mol. The molecule has 0 radical (unpaired) electrons. The molecule has 0 saturated heterocycles. The van der Waals surface area contributed by atoms with Crippen molar-refractivity contribution in [1.82, 2.24) is 10.6 Å². The van der Waals surface area contributed by atoms with E-state index in [1.807, 2.05) is 0 Å². The number of carbonyl (C=O) groups excluding carboxylic acids is 2. The summed E-state index contributed by atoms with van der Waals surface area (Å²) >= 11 is 0. The first-order valence-electron chi connectivity index (χ1n) is 8.33. The van der Waals surface area contributed by atoms with Crippen molar-refractivity contribution in [3.8, 4) is 11.5 Å². The monoisotopic (exact) mass is 334 g/mol. The molecule has 0 heterocycles. The number of methoxy groups -OCH3 is 2. The fourth-order valence-corrected chi connectivity index (χ4v) is 3.08. The topological polar surface area (TPSA) is 76.7 Å². The Balaban J connectivity index is 1.85.